The van der Waals surface area contributed by atoms with E-state index in [-0.39, 0.29) is 16.8 Å². The number of benzene rings is 2. The van der Waals surface area contributed by atoms with Gasteiger partial charge in [0.1, 0.15) is 16.9 Å². The Morgan fingerprint density at radius 1 is 1.17 bits per heavy atom. The number of fused-ring (bicyclic) bond motifs is 1. The van der Waals surface area contributed by atoms with Crippen molar-refractivity contribution in [3.63, 3.8) is 0 Å². The summed E-state index contributed by atoms with van der Waals surface area (Å²) in [4.78, 5) is 12.5. The van der Waals surface area contributed by atoms with Crippen LogP contribution in [0.2, 0.25) is 0 Å². The van der Waals surface area contributed by atoms with Crippen molar-refractivity contribution in [1.82, 2.24) is 20.3 Å². The van der Waals surface area contributed by atoms with Gasteiger partial charge in [0.05, 0.1) is 5.69 Å². The third kappa shape index (κ3) is 3.38. The number of halogens is 1. The summed E-state index contributed by atoms with van der Waals surface area (Å²) in [5.41, 5.74) is 3.65. The first-order chi connectivity index (χ1) is 11.4. The van der Waals surface area contributed by atoms with Crippen LogP contribution in [0, 0.1) is 12.7 Å². The van der Waals surface area contributed by atoms with Crippen LogP contribution in [0.4, 0.5) is 10.1 Å². The molecule has 1 aromatic heterocycles. The van der Waals surface area contributed by atoms with Crippen molar-refractivity contribution < 1.29 is 9.18 Å². The van der Waals surface area contributed by atoms with Gasteiger partial charge >= 0.3 is 0 Å². The molecule has 0 aliphatic rings. The van der Waals surface area contributed by atoms with Crippen molar-refractivity contribution in [3.05, 3.63) is 47.8 Å². The quantitative estimate of drug-likeness (QED) is 0.700. The van der Waals surface area contributed by atoms with Gasteiger partial charge in [-0.05, 0) is 61.1 Å². The Bertz CT molecular complexity index is 936. The van der Waals surface area contributed by atoms with Crippen LogP contribution in [0.25, 0.3) is 16.7 Å². The summed E-state index contributed by atoms with van der Waals surface area (Å²) < 4.78 is 13.0. The summed E-state index contributed by atoms with van der Waals surface area (Å²) in [5, 5.41) is 14.5. The van der Waals surface area contributed by atoms with Crippen molar-refractivity contribution in [3.8, 4) is 5.69 Å². The predicted octanol–water partition coefficient (Wildman–Crippen LogP) is 2.70. The first-order valence-electron chi connectivity index (χ1n) is 7.14. The molecule has 2 aromatic carbocycles. The van der Waals surface area contributed by atoms with E-state index in [1.807, 2.05) is 13.0 Å². The van der Waals surface area contributed by atoms with Crippen molar-refractivity contribution in [2.75, 3.05) is 5.32 Å². The number of anilines is 1. The number of thiocarbonyl (C=S) groups is 1. The Hall–Kier alpha value is -2.87. The predicted molar refractivity (Wildman–Crippen MR) is 93.6 cm³/mol. The summed E-state index contributed by atoms with van der Waals surface area (Å²) in [5.74, 6) is -0.558. The Labute approximate surface area is 142 Å². The molecule has 0 radical (unpaired) electrons. The SMILES string of the molecule is CC(=O)NC(=S)Nc1cc2nn(-c3ccc(F)cc3)nc2cc1C. The third-order valence-corrected chi connectivity index (χ3v) is 3.53. The normalized spacial score (nSPS) is 10.6. The number of nitrogens with one attached hydrogen (secondary N) is 2. The van der Waals surface area contributed by atoms with E-state index in [0.29, 0.717) is 16.7 Å². The van der Waals surface area contributed by atoms with Gasteiger partial charge in [-0.25, -0.2) is 4.39 Å². The number of hydrogen-bond acceptors (Lipinski definition) is 4. The Balaban J connectivity index is 1.94. The molecule has 1 heterocycles. The van der Waals surface area contributed by atoms with E-state index < -0.39 is 0 Å². The molecule has 3 rings (SSSR count). The van der Waals surface area contributed by atoms with Crippen molar-refractivity contribution in [2.45, 2.75) is 13.8 Å². The smallest absolute Gasteiger partial charge is 0.222 e. The first kappa shape index (κ1) is 16.0. The van der Waals surface area contributed by atoms with E-state index in [2.05, 4.69) is 20.8 Å². The standard InChI is InChI=1S/C16H14FN5OS/c1-9-7-14-15(8-13(9)19-16(24)18-10(2)23)21-22(20-14)12-5-3-11(17)4-6-12/h3-8H,1-2H3,(H2,18,19,23,24). The van der Waals surface area contributed by atoms with Crippen LogP contribution in [-0.4, -0.2) is 26.0 Å². The molecule has 3 aromatic rings. The van der Waals surface area contributed by atoms with E-state index in [1.54, 1.807) is 18.2 Å². The molecule has 0 aliphatic heterocycles. The second-order valence-electron chi connectivity index (χ2n) is 5.26. The van der Waals surface area contributed by atoms with E-state index >= 15 is 0 Å². The largest absolute Gasteiger partial charge is 0.332 e. The zero-order valence-electron chi connectivity index (χ0n) is 13.0. The number of amides is 1. The van der Waals surface area contributed by atoms with Gasteiger partial charge in [0, 0.05) is 12.6 Å². The van der Waals surface area contributed by atoms with Crippen molar-refractivity contribution in [1.29, 1.82) is 0 Å². The van der Waals surface area contributed by atoms with E-state index in [1.165, 1.54) is 23.9 Å². The monoisotopic (exact) mass is 343 g/mol. The molecule has 24 heavy (non-hydrogen) atoms. The molecule has 1 amide bonds. The van der Waals surface area contributed by atoms with Crippen LogP contribution >= 0.6 is 12.2 Å². The van der Waals surface area contributed by atoms with E-state index in [0.717, 1.165) is 11.3 Å². The molecule has 0 saturated heterocycles. The summed E-state index contributed by atoms with van der Waals surface area (Å²) in [6.45, 7) is 3.29. The number of aryl methyl sites for hydroxylation is 1. The van der Waals surface area contributed by atoms with Gasteiger partial charge in [0.15, 0.2) is 5.11 Å². The molecule has 0 atom stereocenters. The fourth-order valence-corrected chi connectivity index (χ4v) is 2.46. The minimum atomic E-state index is -0.315. The number of carbonyl (C=O) groups excluding carboxylic acids is 1. The molecule has 0 spiro atoms. The van der Waals surface area contributed by atoms with Gasteiger partial charge in [0.2, 0.25) is 5.91 Å². The van der Waals surface area contributed by atoms with Crippen molar-refractivity contribution in [2.24, 2.45) is 0 Å². The fraction of sp³-hybridized carbons (Fsp3) is 0.125. The van der Waals surface area contributed by atoms with Crippen LogP contribution in [0.3, 0.4) is 0 Å². The second-order valence-corrected chi connectivity index (χ2v) is 5.67. The maximum Gasteiger partial charge on any atom is 0.222 e. The number of nitrogens with zero attached hydrogens (tertiary/aromatic N) is 3. The molecule has 0 bridgehead atoms. The lowest BCUT2D eigenvalue weighted by atomic mass is 10.2. The Morgan fingerprint density at radius 3 is 2.42 bits per heavy atom. The highest BCUT2D eigenvalue weighted by atomic mass is 32.1. The van der Waals surface area contributed by atoms with Gasteiger partial charge in [-0.15, -0.1) is 10.2 Å². The molecular weight excluding hydrogens is 329 g/mol. The third-order valence-electron chi connectivity index (χ3n) is 3.32. The highest BCUT2D eigenvalue weighted by Crippen LogP contribution is 2.22. The number of carbonyl (C=O) groups is 1. The molecule has 8 heteroatoms. The van der Waals surface area contributed by atoms with Gasteiger partial charge in [0.25, 0.3) is 0 Å². The van der Waals surface area contributed by atoms with E-state index in [9.17, 15) is 9.18 Å². The highest BCUT2D eigenvalue weighted by molar-refractivity contribution is 7.80. The minimum Gasteiger partial charge on any atom is -0.332 e. The summed E-state index contributed by atoms with van der Waals surface area (Å²) >= 11 is 5.07. The van der Waals surface area contributed by atoms with Crippen LogP contribution in [0.15, 0.2) is 36.4 Å². The van der Waals surface area contributed by atoms with Crippen molar-refractivity contribution >= 4 is 40.0 Å². The average Bonchev–Trinajstić information content (AvgIpc) is 2.90. The summed E-state index contributed by atoms with van der Waals surface area (Å²) in [6.07, 6.45) is 0. The summed E-state index contributed by atoms with van der Waals surface area (Å²) in [6, 6.07) is 9.58. The summed E-state index contributed by atoms with van der Waals surface area (Å²) in [7, 11) is 0. The van der Waals surface area contributed by atoms with Gasteiger partial charge in [-0.2, -0.15) is 4.80 Å². The Morgan fingerprint density at radius 2 is 1.79 bits per heavy atom. The molecule has 2 N–H and O–H groups in total. The molecule has 0 aliphatic carbocycles. The lowest BCUT2D eigenvalue weighted by molar-refractivity contribution is -0.117. The Kier molecular flexibility index (Phi) is 4.22. The van der Waals surface area contributed by atoms with E-state index in [4.69, 9.17) is 12.2 Å². The number of aromatic nitrogens is 3. The molecule has 0 fully saturated rings. The van der Waals surface area contributed by atoms with Gasteiger partial charge in [-0.3, -0.25) is 4.79 Å². The lowest BCUT2D eigenvalue weighted by Crippen LogP contribution is -2.32. The molecular formula is C16H14FN5OS. The maximum absolute atomic E-state index is 13.0. The van der Waals surface area contributed by atoms with Gasteiger partial charge in [-0.1, -0.05) is 0 Å². The lowest BCUT2D eigenvalue weighted by Gasteiger charge is -2.10. The topological polar surface area (TPSA) is 71.8 Å². The number of hydrogen-bond donors (Lipinski definition) is 2. The molecule has 122 valence electrons. The number of rotatable bonds is 2. The van der Waals surface area contributed by atoms with Crippen LogP contribution in [0.1, 0.15) is 12.5 Å². The minimum absolute atomic E-state index is 0.218. The zero-order chi connectivity index (χ0) is 17.3. The zero-order valence-corrected chi connectivity index (χ0v) is 13.8. The average molecular weight is 343 g/mol. The molecule has 6 nitrogen and oxygen atoms in total. The highest BCUT2D eigenvalue weighted by Gasteiger charge is 2.10. The first-order valence-corrected chi connectivity index (χ1v) is 7.55. The maximum atomic E-state index is 13.0. The van der Waals surface area contributed by atoms with Crippen LogP contribution in [-0.2, 0) is 4.79 Å². The van der Waals surface area contributed by atoms with Gasteiger partial charge < -0.3 is 10.6 Å². The molecule has 0 saturated carbocycles. The second kappa shape index (κ2) is 6.32. The molecule has 0 unspecified atom stereocenters. The van der Waals surface area contributed by atoms with Crippen LogP contribution < -0.4 is 10.6 Å². The fourth-order valence-electron chi connectivity index (χ4n) is 2.21. The van der Waals surface area contributed by atoms with Crippen LogP contribution in [0.5, 0.6) is 0 Å².